The summed E-state index contributed by atoms with van der Waals surface area (Å²) < 4.78 is 22.8. The van der Waals surface area contributed by atoms with Gasteiger partial charge in [0.05, 0.1) is 9.82 Å². The second kappa shape index (κ2) is 6.08. The molecular weight excluding hydrogens is 300 g/mol. The van der Waals surface area contributed by atoms with Crippen molar-refractivity contribution in [3.05, 3.63) is 28.3 Å². The summed E-state index contributed by atoms with van der Waals surface area (Å²) in [4.78, 5) is 21.2. The summed E-state index contributed by atoms with van der Waals surface area (Å²) in [7, 11) is -3.59. The SMILES string of the molecule is CC(C)[C@H](Nc1ccc(S(C)(=O)=O)cc1[N+](=O)[O-])C(=O)O. The lowest BCUT2D eigenvalue weighted by Crippen LogP contribution is -2.34. The number of carbonyl (C=O) groups is 1. The van der Waals surface area contributed by atoms with Gasteiger partial charge >= 0.3 is 5.97 Å². The number of nitrogens with zero attached hydrogens (tertiary/aromatic N) is 1. The molecule has 0 fully saturated rings. The van der Waals surface area contributed by atoms with E-state index >= 15 is 0 Å². The molecule has 1 aromatic carbocycles. The third-order valence-electron chi connectivity index (χ3n) is 2.84. The average molecular weight is 316 g/mol. The molecule has 0 amide bonds. The van der Waals surface area contributed by atoms with Crippen molar-refractivity contribution in [3.63, 3.8) is 0 Å². The van der Waals surface area contributed by atoms with Gasteiger partial charge in [0.25, 0.3) is 5.69 Å². The van der Waals surface area contributed by atoms with Crippen molar-refractivity contribution in [1.82, 2.24) is 0 Å². The lowest BCUT2D eigenvalue weighted by atomic mass is 10.0. The van der Waals surface area contributed by atoms with Crippen molar-refractivity contribution in [2.24, 2.45) is 5.92 Å². The molecule has 0 aliphatic heterocycles. The summed E-state index contributed by atoms with van der Waals surface area (Å²) >= 11 is 0. The molecule has 2 N–H and O–H groups in total. The zero-order chi connectivity index (χ0) is 16.4. The highest BCUT2D eigenvalue weighted by Gasteiger charge is 2.26. The molecule has 0 saturated heterocycles. The number of carboxylic acids is 1. The van der Waals surface area contributed by atoms with Gasteiger partial charge in [-0.05, 0) is 18.1 Å². The monoisotopic (exact) mass is 316 g/mol. The molecule has 0 unspecified atom stereocenters. The number of nitro groups is 1. The van der Waals surface area contributed by atoms with Crippen LogP contribution in [0.3, 0.4) is 0 Å². The quantitative estimate of drug-likeness (QED) is 0.601. The Balaban J connectivity index is 3.31. The molecule has 21 heavy (non-hydrogen) atoms. The number of anilines is 1. The van der Waals surface area contributed by atoms with E-state index in [-0.39, 0.29) is 16.5 Å². The molecule has 0 aromatic heterocycles. The Kier molecular flexibility index (Phi) is 4.89. The molecule has 0 bridgehead atoms. The summed E-state index contributed by atoms with van der Waals surface area (Å²) in [6.45, 7) is 3.31. The minimum atomic E-state index is -3.59. The first-order valence-electron chi connectivity index (χ1n) is 6.02. The van der Waals surface area contributed by atoms with Crippen LogP contribution in [0.25, 0.3) is 0 Å². The molecule has 0 saturated carbocycles. The first kappa shape index (κ1) is 16.9. The Morgan fingerprint density at radius 2 is 1.95 bits per heavy atom. The van der Waals surface area contributed by atoms with Gasteiger partial charge in [-0.1, -0.05) is 13.8 Å². The smallest absolute Gasteiger partial charge is 0.326 e. The fourth-order valence-corrected chi connectivity index (χ4v) is 2.34. The first-order chi connectivity index (χ1) is 9.54. The molecule has 1 atom stereocenters. The van der Waals surface area contributed by atoms with Gasteiger partial charge in [-0.15, -0.1) is 0 Å². The summed E-state index contributed by atoms with van der Waals surface area (Å²) in [6, 6.07) is 2.29. The van der Waals surface area contributed by atoms with E-state index in [1.165, 1.54) is 12.1 Å². The first-order valence-corrected chi connectivity index (χ1v) is 7.91. The van der Waals surface area contributed by atoms with Crippen molar-refractivity contribution in [3.8, 4) is 0 Å². The molecular formula is C12H16N2O6S. The maximum Gasteiger partial charge on any atom is 0.326 e. The number of carboxylic acid groups (broad SMARTS) is 1. The van der Waals surface area contributed by atoms with Gasteiger partial charge in [0.2, 0.25) is 0 Å². The fraction of sp³-hybridized carbons (Fsp3) is 0.417. The van der Waals surface area contributed by atoms with Gasteiger partial charge in [0.15, 0.2) is 9.84 Å². The predicted molar refractivity (Wildman–Crippen MR) is 76.1 cm³/mol. The Labute approximate surface area is 121 Å². The van der Waals surface area contributed by atoms with Crippen molar-refractivity contribution in [2.75, 3.05) is 11.6 Å². The number of hydrogen-bond donors (Lipinski definition) is 2. The van der Waals surface area contributed by atoms with Gasteiger partial charge in [0.1, 0.15) is 11.7 Å². The normalized spacial score (nSPS) is 13.0. The molecule has 1 rings (SSSR count). The minimum absolute atomic E-state index is 0.0338. The molecule has 0 heterocycles. The minimum Gasteiger partial charge on any atom is -0.480 e. The summed E-state index contributed by atoms with van der Waals surface area (Å²) in [5.41, 5.74) is -0.515. The molecule has 0 radical (unpaired) electrons. The number of sulfone groups is 1. The van der Waals surface area contributed by atoms with E-state index in [0.717, 1.165) is 12.3 Å². The van der Waals surface area contributed by atoms with Crippen LogP contribution in [0, 0.1) is 16.0 Å². The van der Waals surface area contributed by atoms with Crippen LogP contribution in [-0.4, -0.2) is 36.7 Å². The van der Waals surface area contributed by atoms with Crippen molar-refractivity contribution in [1.29, 1.82) is 0 Å². The van der Waals surface area contributed by atoms with Gasteiger partial charge in [-0.3, -0.25) is 10.1 Å². The van der Waals surface area contributed by atoms with Crippen molar-refractivity contribution in [2.45, 2.75) is 24.8 Å². The van der Waals surface area contributed by atoms with Crippen LogP contribution in [0.4, 0.5) is 11.4 Å². The maximum absolute atomic E-state index is 11.4. The Morgan fingerprint density at radius 3 is 2.33 bits per heavy atom. The van der Waals surface area contributed by atoms with Crippen LogP contribution in [0.2, 0.25) is 0 Å². The number of hydrogen-bond acceptors (Lipinski definition) is 6. The third kappa shape index (κ3) is 4.15. The summed E-state index contributed by atoms with van der Waals surface area (Å²) in [6.07, 6.45) is 0.938. The molecule has 0 aliphatic carbocycles. The molecule has 0 aliphatic rings. The Hall–Kier alpha value is -2.16. The van der Waals surface area contributed by atoms with Gasteiger partial charge in [0, 0.05) is 12.3 Å². The largest absolute Gasteiger partial charge is 0.480 e. The maximum atomic E-state index is 11.4. The van der Waals surface area contributed by atoms with Crippen molar-refractivity contribution < 1.29 is 23.2 Å². The highest BCUT2D eigenvalue weighted by molar-refractivity contribution is 7.90. The van der Waals surface area contributed by atoms with Crippen molar-refractivity contribution >= 4 is 27.2 Å². The van der Waals surface area contributed by atoms with Gasteiger partial charge in [-0.25, -0.2) is 13.2 Å². The Morgan fingerprint density at radius 1 is 1.38 bits per heavy atom. The molecule has 9 heteroatoms. The lowest BCUT2D eigenvalue weighted by molar-refractivity contribution is -0.384. The third-order valence-corrected chi connectivity index (χ3v) is 3.95. The molecule has 116 valence electrons. The predicted octanol–water partition coefficient (Wildman–Crippen LogP) is 1.52. The van der Waals surface area contributed by atoms with Crippen LogP contribution in [0.5, 0.6) is 0 Å². The van der Waals surface area contributed by atoms with Crippen LogP contribution < -0.4 is 5.32 Å². The van der Waals surface area contributed by atoms with E-state index in [0.29, 0.717) is 0 Å². The van der Waals surface area contributed by atoms with E-state index in [1.807, 2.05) is 0 Å². The number of benzene rings is 1. The highest BCUT2D eigenvalue weighted by Crippen LogP contribution is 2.29. The number of nitro benzene ring substituents is 1. The number of rotatable bonds is 6. The number of aliphatic carboxylic acids is 1. The topological polar surface area (TPSA) is 127 Å². The zero-order valence-corrected chi connectivity index (χ0v) is 12.5. The van der Waals surface area contributed by atoms with E-state index in [4.69, 9.17) is 5.11 Å². The number of nitrogens with one attached hydrogen (secondary N) is 1. The average Bonchev–Trinajstić information content (AvgIpc) is 2.33. The van der Waals surface area contributed by atoms with E-state index in [2.05, 4.69) is 5.32 Å². The molecule has 8 nitrogen and oxygen atoms in total. The summed E-state index contributed by atoms with van der Waals surface area (Å²) in [5.74, 6) is -1.46. The summed E-state index contributed by atoms with van der Waals surface area (Å²) in [5, 5.41) is 22.7. The van der Waals surface area contributed by atoms with Crippen LogP contribution in [0.1, 0.15) is 13.8 Å². The highest BCUT2D eigenvalue weighted by atomic mass is 32.2. The standard InChI is InChI=1S/C12H16N2O6S/c1-7(2)11(12(15)16)13-9-5-4-8(21(3,19)20)6-10(9)14(17)18/h4-7,11,13H,1-3H3,(H,15,16)/t11-/m0/s1. The van der Waals surface area contributed by atoms with E-state index < -0.39 is 32.5 Å². The van der Waals surface area contributed by atoms with E-state index in [9.17, 15) is 23.3 Å². The van der Waals surface area contributed by atoms with Crippen LogP contribution in [-0.2, 0) is 14.6 Å². The second-order valence-corrected chi connectivity index (χ2v) is 6.93. The van der Waals surface area contributed by atoms with E-state index in [1.54, 1.807) is 13.8 Å². The Bertz CT molecular complexity index is 668. The fourth-order valence-electron chi connectivity index (χ4n) is 1.70. The van der Waals surface area contributed by atoms with Crippen LogP contribution >= 0.6 is 0 Å². The molecule has 0 spiro atoms. The van der Waals surface area contributed by atoms with Gasteiger partial charge in [-0.2, -0.15) is 0 Å². The van der Waals surface area contributed by atoms with Gasteiger partial charge < -0.3 is 10.4 Å². The molecule has 1 aromatic rings. The lowest BCUT2D eigenvalue weighted by Gasteiger charge is -2.19. The second-order valence-electron chi connectivity index (χ2n) is 4.91. The van der Waals surface area contributed by atoms with Crippen LogP contribution in [0.15, 0.2) is 23.1 Å². The zero-order valence-electron chi connectivity index (χ0n) is 11.7.